The van der Waals surface area contributed by atoms with E-state index in [-0.39, 0.29) is 126 Å². The van der Waals surface area contributed by atoms with E-state index in [1.807, 2.05) is 0 Å². The zero-order chi connectivity index (χ0) is 4.50. The Kier molecular flexibility index (Phi) is 142. The molecule has 0 N–H and O–H groups in total. The Morgan fingerprint density at radius 3 is 0.667 bits per heavy atom. The summed E-state index contributed by atoms with van der Waals surface area (Å²) in [6, 6.07) is 0. The maximum Gasteiger partial charge on any atom is 2.00 e. The first-order valence-electron chi connectivity index (χ1n) is 0.667. The molecule has 0 aromatic heterocycles. The molecule has 0 saturated heterocycles. The van der Waals surface area contributed by atoms with Crippen molar-refractivity contribution in [3.05, 3.63) is 0 Å². The van der Waals surface area contributed by atoms with E-state index >= 15 is 0 Å². The first kappa shape index (κ1) is 58.2. The van der Waals surface area contributed by atoms with Crippen LogP contribution in [-0.2, 0) is 26.8 Å². The van der Waals surface area contributed by atoms with Crippen molar-refractivity contribution in [1.29, 1.82) is 0 Å². The summed E-state index contributed by atoms with van der Waals surface area (Å²) < 4.78 is 34.1. The van der Waals surface area contributed by atoms with Gasteiger partial charge in [-0.25, -0.2) is 0 Å². The van der Waals surface area contributed by atoms with Gasteiger partial charge in [-0.1, -0.05) is 0 Å². The molecule has 0 saturated carbocycles. The summed E-state index contributed by atoms with van der Waals surface area (Å²) in [7, 11) is -5.17. The van der Waals surface area contributed by atoms with Crippen molar-refractivity contribution in [1.82, 2.24) is 0 Å². The second-order valence-corrected chi connectivity index (χ2v) is 1.22. The summed E-state index contributed by atoms with van der Waals surface area (Å²) >= 11 is 0. The maximum atomic E-state index is 8.52. The van der Waals surface area contributed by atoms with E-state index in [0.29, 0.717) is 0 Å². The minimum Gasteiger partial charge on any atom is -2.00 e. The van der Waals surface area contributed by atoms with Crippen LogP contribution in [0.4, 0.5) is 0 Å². The van der Waals surface area contributed by atoms with Crippen molar-refractivity contribution < 1.29 is 34.0 Å². The Hall–Kier alpha value is 3.44. The van der Waals surface area contributed by atoms with Gasteiger partial charge in [-0.15, -0.1) is 0 Å². The van der Waals surface area contributed by atoms with E-state index in [9.17, 15) is 0 Å². The molecule has 0 fully saturated rings. The molecule has 7 nitrogen and oxygen atoms in total. The van der Waals surface area contributed by atoms with Crippen molar-refractivity contribution in [2.75, 3.05) is 0 Å². The second-order valence-electron chi connectivity index (χ2n) is 0.408. The van der Waals surface area contributed by atoms with Crippen LogP contribution in [0.5, 0.6) is 0 Å². The van der Waals surface area contributed by atoms with Crippen LogP contribution >= 0.6 is 0 Å². The molecule has 8 radical (unpaired) electrons. The first-order valence-corrected chi connectivity index (χ1v) is 2.00. The summed E-state index contributed by atoms with van der Waals surface area (Å²) in [5, 5.41) is 0. The molecule has 0 unspecified atom stereocenters. The molecule has 0 rings (SSSR count). The van der Waals surface area contributed by atoms with Gasteiger partial charge in [0.2, 0.25) is 0 Å². The van der Waals surface area contributed by atoms with Gasteiger partial charge in [-0.3, -0.25) is 8.42 Å². The molecule has 0 bridgehead atoms. The second kappa shape index (κ2) is 29.3. The third-order valence-electron chi connectivity index (χ3n) is 0. The van der Waals surface area contributed by atoms with Crippen molar-refractivity contribution in [3.63, 3.8) is 0 Å². The van der Waals surface area contributed by atoms with Gasteiger partial charge in [-0.05, 0) is 0 Å². The van der Waals surface area contributed by atoms with E-state index in [4.69, 9.17) is 17.5 Å². The van der Waals surface area contributed by atoms with Crippen LogP contribution < -0.4 is 0 Å². The van der Waals surface area contributed by atoms with Crippen LogP contribution in [0.1, 0.15) is 0 Å². The van der Waals surface area contributed by atoms with Crippen LogP contribution in [0, 0.1) is 0 Å². The Morgan fingerprint density at radius 1 is 0.667 bits per heavy atom. The average Bonchev–Trinajstić information content (AvgIpc) is 0.722. The van der Waals surface area contributed by atoms with Gasteiger partial charge in [0.1, 0.15) is 0 Å². The van der Waals surface area contributed by atoms with Gasteiger partial charge < -0.3 is 25.5 Å². The fourth-order valence-corrected chi connectivity index (χ4v) is 0. The van der Waals surface area contributed by atoms with Gasteiger partial charge in [0.25, 0.3) is 0 Å². The fourth-order valence-electron chi connectivity index (χ4n) is 0. The van der Waals surface area contributed by atoms with Crippen LogP contribution in [0.2, 0.25) is 0 Å². The van der Waals surface area contributed by atoms with Crippen molar-refractivity contribution in [2.24, 2.45) is 0 Å². The first-order chi connectivity index (χ1) is 2.00. The summed E-state index contributed by atoms with van der Waals surface area (Å²) in [4.78, 5) is 0. The normalized spacial score (nSPS) is 4.83. The van der Waals surface area contributed by atoms with E-state index in [1.54, 1.807) is 0 Å². The summed E-state index contributed by atoms with van der Waals surface area (Å²) in [6.07, 6.45) is 0. The quantitative estimate of drug-likeness (QED) is 0.142. The van der Waals surface area contributed by atoms with Crippen LogP contribution in [-0.4, -0.2) is 127 Å². The minimum atomic E-state index is -5.17. The zero-order valence-electron chi connectivity index (χ0n) is 5.27. The summed E-state index contributed by atoms with van der Waals surface area (Å²) in [5.41, 5.74) is 0. The van der Waals surface area contributed by atoms with E-state index in [1.165, 1.54) is 0 Å². The van der Waals surface area contributed by atoms with Crippen molar-refractivity contribution >= 4 is 120 Å². The van der Waals surface area contributed by atoms with Gasteiger partial charge in [-0.2, -0.15) is 0 Å². The minimum absolute atomic E-state index is 0. The molecule has 0 aromatic carbocycles. The monoisotopic (exact) mass is 976 g/mol. The standard InChI is InChI=1S/H2O4S.3O.4Pb/c1-5(2,3)4;;;;;;;/h(H2,1,2,3,4);;;;;;;/q;3*-2;4*+2/p-2. The average molecular weight is 973 g/mol. The molecule has 0 amide bonds. The van der Waals surface area contributed by atoms with E-state index in [0.717, 1.165) is 0 Å². The van der Waals surface area contributed by atoms with Crippen LogP contribution in [0.15, 0.2) is 0 Å². The molecule has 0 aliphatic rings. The van der Waals surface area contributed by atoms with Crippen LogP contribution in [0.25, 0.3) is 0 Å². The predicted molar refractivity (Wildman–Crippen MR) is 35.6 cm³/mol. The Labute approximate surface area is 151 Å². The van der Waals surface area contributed by atoms with Crippen molar-refractivity contribution in [2.45, 2.75) is 0 Å². The molecule has 0 aliphatic heterocycles. The third kappa shape index (κ3) is 176. The van der Waals surface area contributed by atoms with E-state index < -0.39 is 10.4 Å². The zero-order valence-corrected chi connectivity index (χ0v) is 21.6. The molecule has 0 heterocycles. The van der Waals surface area contributed by atoms with Crippen LogP contribution in [0.3, 0.4) is 0 Å². The number of rotatable bonds is 0. The Balaban J connectivity index is -0.00000000381. The number of hydrogen-bond donors (Lipinski definition) is 0. The Bertz CT molecular complexity index is 98.6. The van der Waals surface area contributed by atoms with Gasteiger partial charge in [0.15, 0.2) is 0 Å². The molecule has 0 spiro atoms. The molecule has 0 atom stereocenters. The largest absolute Gasteiger partial charge is 2.00 e. The predicted octanol–water partition coefficient (Wildman–Crippen LogP) is -3.22. The van der Waals surface area contributed by atoms with Gasteiger partial charge in [0, 0.05) is 10.4 Å². The molecule has 12 heavy (non-hydrogen) atoms. The van der Waals surface area contributed by atoms with E-state index in [2.05, 4.69) is 0 Å². The molecular weight excluding hydrogens is 973 g/mol. The molecule has 0 aliphatic carbocycles. The molecule has 12 heteroatoms. The summed E-state index contributed by atoms with van der Waals surface area (Å²) in [5.74, 6) is 0. The third-order valence-corrected chi connectivity index (χ3v) is 0. The summed E-state index contributed by atoms with van der Waals surface area (Å²) in [6.45, 7) is 0. The SMILES string of the molecule is O=S(=O)([O-])[O-].[O-2].[O-2].[O-2].[Pb+2].[Pb+2].[Pb+2].[Pb+2]. The van der Waals surface area contributed by atoms with Crippen molar-refractivity contribution in [3.8, 4) is 0 Å². The van der Waals surface area contributed by atoms with Gasteiger partial charge >= 0.3 is 109 Å². The smallest absolute Gasteiger partial charge is 2.00 e. The Morgan fingerprint density at radius 2 is 0.667 bits per heavy atom. The fraction of sp³-hybridized carbons (Fsp3) is 0. The maximum absolute atomic E-state index is 8.52. The molecular formula is O7Pb4S. The molecule has 64 valence electrons. The van der Waals surface area contributed by atoms with Gasteiger partial charge in [0.05, 0.1) is 0 Å². The number of hydrogen-bond acceptors (Lipinski definition) is 4. The molecule has 0 aromatic rings. The topological polar surface area (TPSA) is 166 Å².